The van der Waals surface area contributed by atoms with Gasteiger partial charge in [-0.2, -0.15) is 13.2 Å². The molecule has 26 heavy (non-hydrogen) atoms. The zero-order valence-corrected chi connectivity index (χ0v) is 14.7. The molecule has 0 bridgehead atoms. The van der Waals surface area contributed by atoms with Crippen LogP contribution in [0.1, 0.15) is 30.9 Å². The molecule has 1 atom stereocenters. The summed E-state index contributed by atoms with van der Waals surface area (Å²) in [6.45, 7) is 4.20. The first-order valence-corrected chi connectivity index (χ1v) is 8.37. The third-order valence-corrected chi connectivity index (χ3v) is 3.96. The van der Waals surface area contributed by atoms with Gasteiger partial charge < -0.3 is 20.3 Å². The molecular formula is C17H22F3N3O3. The number of hydrogen-bond acceptors (Lipinski definition) is 3. The average Bonchev–Trinajstić information content (AvgIpc) is 2.54. The normalized spacial score (nSPS) is 17.6. The number of carbonyl (C=O) groups is 2. The van der Waals surface area contributed by atoms with Crippen molar-refractivity contribution in [1.29, 1.82) is 0 Å². The number of alkyl halides is 3. The van der Waals surface area contributed by atoms with Crippen molar-refractivity contribution >= 4 is 17.8 Å². The largest absolute Gasteiger partial charge is 0.450 e. The lowest BCUT2D eigenvalue weighted by molar-refractivity contribution is -0.137. The second kappa shape index (κ2) is 8.29. The number of nitrogens with zero attached hydrogens (tertiary/aromatic N) is 1. The van der Waals surface area contributed by atoms with Crippen LogP contribution in [0.25, 0.3) is 0 Å². The van der Waals surface area contributed by atoms with Crippen molar-refractivity contribution in [2.24, 2.45) is 0 Å². The van der Waals surface area contributed by atoms with E-state index in [-0.39, 0.29) is 24.9 Å². The van der Waals surface area contributed by atoms with Crippen molar-refractivity contribution in [1.82, 2.24) is 10.2 Å². The van der Waals surface area contributed by atoms with Crippen molar-refractivity contribution in [3.8, 4) is 0 Å². The highest BCUT2D eigenvalue weighted by Crippen LogP contribution is 2.32. The van der Waals surface area contributed by atoms with Crippen LogP contribution >= 0.6 is 0 Å². The highest BCUT2D eigenvalue weighted by Gasteiger charge is 2.31. The number of alkyl carbamates (subject to hydrolysis) is 1. The van der Waals surface area contributed by atoms with Crippen molar-refractivity contribution in [2.45, 2.75) is 38.9 Å². The Morgan fingerprint density at radius 2 is 2.04 bits per heavy atom. The van der Waals surface area contributed by atoms with Gasteiger partial charge in [-0.1, -0.05) is 0 Å². The van der Waals surface area contributed by atoms with Gasteiger partial charge in [0.05, 0.1) is 12.2 Å². The molecule has 1 aliphatic heterocycles. The van der Waals surface area contributed by atoms with Crippen LogP contribution in [-0.4, -0.2) is 42.8 Å². The highest BCUT2D eigenvalue weighted by atomic mass is 19.4. The van der Waals surface area contributed by atoms with E-state index in [4.69, 9.17) is 4.74 Å². The molecule has 1 unspecified atom stereocenters. The van der Waals surface area contributed by atoms with E-state index in [1.165, 1.54) is 17.9 Å². The molecule has 0 radical (unpaired) electrons. The van der Waals surface area contributed by atoms with Gasteiger partial charge in [0.2, 0.25) is 0 Å². The maximum Gasteiger partial charge on any atom is 0.416 e. The second-order valence-electron chi connectivity index (χ2n) is 6.17. The molecule has 2 N–H and O–H groups in total. The molecule has 144 valence electrons. The SMILES string of the molecule is CCOC(=O)NC1CCCN(C(=O)Nc2cc(C)cc(C(F)(F)F)c2)C1. The summed E-state index contributed by atoms with van der Waals surface area (Å²) >= 11 is 0. The van der Waals surface area contributed by atoms with Crippen LogP contribution in [0.4, 0.5) is 28.4 Å². The molecular weight excluding hydrogens is 351 g/mol. The van der Waals surface area contributed by atoms with Crippen LogP contribution in [0, 0.1) is 6.92 Å². The van der Waals surface area contributed by atoms with Gasteiger partial charge in [-0.3, -0.25) is 0 Å². The molecule has 9 heteroatoms. The maximum atomic E-state index is 12.9. The summed E-state index contributed by atoms with van der Waals surface area (Å²) < 4.78 is 43.5. The topological polar surface area (TPSA) is 70.7 Å². The van der Waals surface area contributed by atoms with Gasteiger partial charge >= 0.3 is 18.3 Å². The number of urea groups is 1. The number of amides is 3. The highest BCUT2D eigenvalue weighted by molar-refractivity contribution is 5.89. The van der Waals surface area contributed by atoms with Gasteiger partial charge in [0.15, 0.2) is 0 Å². The number of nitrogens with one attached hydrogen (secondary N) is 2. The lowest BCUT2D eigenvalue weighted by Crippen LogP contribution is -2.50. The molecule has 3 amide bonds. The Morgan fingerprint density at radius 1 is 1.31 bits per heavy atom. The lowest BCUT2D eigenvalue weighted by atomic mass is 10.1. The fraction of sp³-hybridized carbons (Fsp3) is 0.529. The average molecular weight is 373 g/mol. The summed E-state index contributed by atoms with van der Waals surface area (Å²) in [7, 11) is 0. The van der Waals surface area contributed by atoms with E-state index >= 15 is 0 Å². The Kier molecular flexibility index (Phi) is 6.33. The predicted octanol–water partition coefficient (Wildman–Crippen LogP) is 3.76. The molecule has 1 heterocycles. The molecule has 0 saturated carbocycles. The van der Waals surface area contributed by atoms with Crippen molar-refractivity contribution in [3.63, 3.8) is 0 Å². The zero-order valence-electron chi connectivity index (χ0n) is 14.7. The number of piperidine rings is 1. The first kappa shape index (κ1) is 19.9. The predicted molar refractivity (Wildman–Crippen MR) is 90.0 cm³/mol. The molecule has 1 aromatic rings. The minimum atomic E-state index is -4.48. The second-order valence-corrected chi connectivity index (χ2v) is 6.17. The molecule has 1 aliphatic rings. The van der Waals surface area contributed by atoms with Crippen molar-refractivity contribution < 1.29 is 27.5 Å². The minimum Gasteiger partial charge on any atom is -0.450 e. The van der Waals surface area contributed by atoms with Gasteiger partial charge in [-0.15, -0.1) is 0 Å². The number of benzene rings is 1. The van der Waals surface area contributed by atoms with Crippen LogP contribution in [0.2, 0.25) is 0 Å². The molecule has 1 fully saturated rings. The summed E-state index contributed by atoms with van der Waals surface area (Å²) in [6, 6.07) is 2.65. The Morgan fingerprint density at radius 3 is 2.69 bits per heavy atom. The molecule has 0 aromatic heterocycles. The number of rotatable bonds is 3. The third-order valence-electron chi connectivity index (χ3n) is 3.96. The van der Waals surface area contributed by atoms with Gasteiger partial charge in [-0.05, 0) is 50.5 Å². The summed E-state index contributed by atoms with van der Waals surface area (Å²) in [4.78, 5) is 25.3. The molecule has 0 aliphatic carbocycles. The van der Waals surface area contributed by atoms with Gasteiger partial charge in [0, 0.05) is 24.8 Å². The standard InChI is InChI=1S/C17H22F3N3O3/c1-3-26-16(25)22-13-5-4-6-23(10-13)15(24)21-14-8-11(2)7-12(9-14)17(18,19)20/h7-9,13H,3-6,10H2,1-2H3,(H,21,24)(H,22,25). The summed E-state index contributed by atoms with van der Waals surface area (Å²) in [5.74, 6) is 0. The minimum absolute atomic E-state index is 0.0859. The number of ether oxygens (including phenoxy) is 1. The van der Waals surface area contributed by atoms with Crippen molar-refractivity contribution in [3.05, 3.63) is 29.3 Å². The van der Waals surface area contributed by atoms with E-state index in [9.17, 15) is 22.8 Å². The summed E-state index contributed by atoms with van der Waals surface area (Å²) in [6.07, 6.45) is -3.66. The number of anilines is 1. The van der Waals surface area contributed by atoms with Crippen LogP contribution in [0.5, 0.6) is 0 Å². The number of likely N-dealkylation sites (tertiary alicyclic amines) is 1. The fourth-order valence-electron chi connectivity index (χ4n) is 2.84. The van der Waals surface area contributed by atoms with Crippen molar-refractivity contribution in [2.75, 3.05) is 25.0 Å². The maximum absolute atomic E-state index is 12.9. The van der Waals surface area contributed by atoms with E-state index in [0.29, 0.717) is 24.9 Å². The smallest absolute Gasteiger partial charge is 0.416 e. The van der Waals surface area contributed by atoms with E-state index in [1.54, 1.807) is 6.92 Å². The molecule has 2 rings (SSSR count). The van der Waals surface area contributed by atoms with Gasteiger partial charge in [0.25, 0.3) is 0 Å². The Bertz CT molecular complexity index is 664. The molecule has 6 nitrogen and oxygen atoms in total. The Hall–Kier alpha value is -2.45. The van der Waals surface area contributed by atoms with Gasteiger partial charge in [-0.25, -0.2) is 9.59 Å². The first-order valence-electron chi connectivity index (χ1n) is 8.37. The third kappa shape index (κ3) is 5.53. The summed E-state index contributed by atoms with van der Waals surface area (Å²) in [5.41, 5.74) is -0.327. The zero-order chi connectivity index (χ0) is 19.3. The van der Waals surface area contributed by atoms with E-state index in [1.807, 2.05) is 0 Å². The monoisotopic (exact) mass is 373 g/mol. The lowest BCUT2D eigenvalue weighted by Gasteiger charge is -2.33. The molecule has 0 spiro atoms. The number of hydrogen-bond donors (Lipinski definition) is 2. The number of carbonyl (C=O) groups excluding carboxylic acids is 2. The van der Waals surface area contributed by atoms with Crippen LogP contribution in [-0.2, 0) is 10.9 Å². The first-order chi connectivity index (χ1) is 12.2. The van der Waals surface area contributed by atoms with Crippen LogP contribution < -0.4 is 10.6 Å². The van der Waals surface area contributed by atoms with E-state index in [0.717, 1.165) is 12.1 Å². The Labute approximate surface area is 149 Å². The molecule has 1 aromatic carbocycles. The summed E-state index contributed by atoms with van der Waals surface area (Å²) in [5, 5.41) is 5.18. The number of aryl methyl sites for hydroxylation is 1. The van der Waals surface area contributed by atoms with E-state index < -0.39 is 23.9 Å². The number of halogens is 3. The van der Waals surface area contributed by atoms with E-state index in [2.05, 4.69) is 10.6 Å². The van der Waals surface area contributed by atoms with Gasteiger partial charge in [0.1, 0.15) is 0 Å². The fourth-order valence-corrected chi connectivity index (χ4v) is 2.84. The molecule has 1 saturated heterocycles. The quantitative estimate of drug-likeness (QED) is 0.848. The van der Waals surface area contributed by atoms with Crippen LogP contribution in [0.3, 0.4) is 0 Å². The van der Waals surface area contributed by atoms with Crippen LogP contribution in [0.15, 0.2) is 18.2 Å². The Balaban J connectivity index is 2.01.